The molecule has 33 heavy (non-hydrogen) atoms. The predicted octanol–water partition coefficient (Wildman–Crippen LogP) is 3.06. The fourth-order valence-electron chi connectivity index (χ4n) is 5.97. The summed E-state index contributed by atoms with van der Waals surface area (Å²) in [6.07, 6.45) is 6.12. The minimum absolute atomic E-state index is 0.0391. The van der Waals surface area contributed by atoms with E-state index in [-0.39, 0.29) is 29.3 Å². The van der Waals surface area contributed by atoms with Gasteiger partial charge in [0.05, 0.1) is 12.5 Å². The van der Waals surface area contributed by atoms with Crippen LogP contribution in [0.1, 0.15) is 61.0 Å². The van der Waals surface area contributed by atoms with E-state index in [1.807, 2.05) is 4.90 Å². The second-order valence-electron chi connectivity index (χ2n) is 9.58. The molecule has 1 fully saturated rings. The molecule has 0 bridgehead atoms. The van der Waals surface area contributed by atoms with E-state index in [1.165, 1.54) is 10.1 Å². The lowest BCUT2D eigenvalue weighted by Gasteiger charge is -2.46. The number of aromatic nitrogens is 3. The molecule has 4 heterocycles. The molecule has 172 valence electrons. The van der Waals surface area contributed by atoms with Gasteiger partial charge < -0.3 is 14.4 Å². The zero-order valence-corrected chi connectivity index (χ0v) is 19.0. The van der Waals surface area contributed by atoms with Gasteiger partial charge in [-0.2, -0.15) is 0 Å². The van der Waals surface area contributed by atoms with Gasteiger partial charge in [-0.1, -0.05) is 12.8 Å². The highest BCUT2D eigenvalue weighted by Gasteiger charge is 2.46. The van der Waals surface area contributed by atoms with Crippen LogP contribution in [0.2, 0.25) is 0 Å². The Hall–Kier alpha value is -3.29. The summed E-state index contributed by atoms with van der Waals surface area (Å²) in [6.45, 7) is 5.63. The summed E-state index contributed by atoms with van der Waals surface area (Å²) in [4.78, 5) is 33.2. The number of amides is 1. The Morgan fingerprint density at radius 2 is 1.94 bits per heavy atom. The standard InChI is InChI=1S/C25H28N4O4/c1-15-17(24(31)29-22(27-15)5-8-26-29)12-23(30)28-14-25(6-3-4-7-25)19-13-21-20(32-9-10-33-21)11-18(19)16(28)2/h5,8,11,13,16,26H,3-4,6-7,9-10,12,14H2,1-2H3. The van der Waals surface area contributed by atoms with Crippen LogP contribution in [0.5, 0.6) is 11.5 Å². The first kappa shape index (κ1) is 20.3. The number of carbonyl (C=O) groups is 1. The van der Waals surface area contributed by atoms with Crippen molar-refractivity contribution in [3.05, 3.63) is 57.1 Å². The third-order valence-corrected chi connectivity index (χ3v) is 7.73. The summed E-state index contributed by atoms with van der Waals surface area (Å²) < 4.78 is 13.1. The van der Waals surface area contributed by atoms with Crippen LogP contribution in [-0.2, 0) is 16.6 Å². The van der Waals surface area contributed by atoms with Crippen LogP contribution in [-0.4, -0.2) is 45.2 Å². The zero-order valence-electron chi connectivity index (χ0n) is 19.0. The highest BCUT2D eigenvalue weighted by atomic mass is 16.6. The summed E-state index contributed by atoms with van der Waals surface area (Å²) in [5.74, 6) is 1.53. The first-order valence-electron chi connectivity index (χ1n) is 11.8. The van der Waals surface area contributed by atoms with E-state index in [0.717, 1.165) is 42.7 Å². The number of rotatable bonds is 2. The lowest BCUT2D eigenvalue weighted by atomic mass is 9.71. The minimum atomic E-state index is -0.212. The highest BCUT2D eigenvalue weighted by molar-refractivity contribution is 5.80. The third-order valence-electron chi connectivity index (χ3n) is 7.73. The van der Waals surface area contributed by atoms with E-state index in [4.69, 9.17) is 9.47 Å². The van der Waals surface area contributed by atoms with Gasteiger partial charge >= 0.3 is 0 Å². The normalized spacial score (nSPS) is 20.9. The van der Waals surface area contributed by atoms with Crippen molar-refractivity contribution in [1.29, 1.82) is 0 Å². The van der Waals surface area contributed by atoms with Crippen LogP contribution < -0.4 is 15.0 Å². The lowest BCUT2D eigenvalue weighted by molar-refractivity contribution is -0.134. The molecule has 1 aromatic carbocycles. The molecule has 3 aliphatic rings. The van der Waals surface area contributed by atoms with Gasteiger partial charge in [0, 0.05) is 35.5 Å². The van der Waals surface area contributed by atoms with Crippen molar-refractivity contribution in [1.82, 2.24) is 19.5 Å². The fourth-order valence-corrected chi connectivity index (χ4v) is 5.97. The third kappa shape index (κ3) is 3.07. The molecule has 0 saturated heterocycles. The summed E-state index contributed by atoms with van der Waals surface area (Å²) in [5, 5.41) is 2.89. The Balaban J connectivity index is 1.39. The number of carbonyl (C=O) groups excluding carboxylic acids is 1. The Morgan fingerprint density at radius 1 is 1.21 bits per heavy atom. The van der Waals surface area contributed by atoms with Crippen molar-refractivity contribution < 1.29 is 14.3 Å². The number of aromatic amines is 1. The molecular weight excluding hydrogens is 420 g/mol. The molecule has 1 N–H and O–H groups in total. The van der Waals surface area contributed by atoms with E-state index >= 15 is 0 Å². The number of nitrogens with zero attached hydrogens (tertiary/aromatic N) is 3. The topological polar surface area (TPSA) is 88.9 Å². The van der Waals surface area contributed by atoms with E-state index in [2.05, 4.69) is 29.1 Å². The molecule has 6 rings (SSSR count). The van der Waals surface area contributed by atoms with Gasteiger partial charge in [0.1, 0.15) is 13.2 Å². The average molecular weight is 449 g/mol. The molecule has 8 heteroatoms. The van der Waals surface area contributed by atoms with Crippen LogP contribution in [0, 0.1) is 6.92 Å². The molecule has 2 aromatic heterocycles. The molecule has 1 spiro atoms. The van der Waals surface area contributed by atoms with E-state index in [9.17, 15) is 9.59 Å². The second kappa shape index (κ2) is 7.37. The van der Waals surface area contributed by atoms with Gasteiger partial charge in [0.25, 0.3) is 5.56 Å². The van der Waals surface area contributed by atoms with Gasteiger partial charge in [-0.15, -0.1) is 0 Å². The Kier molecular flexibility index (Phi) is 4.54. The number of benzene rings is 1. The molecule has 1 amide bonds. The molecule has 1 atom stereocenters. The quantitative estimate of drug-likeness (QED) is 0.651. The monoisotopic (exact) mass is 448 g/mol. The molecule has 1 unspecified atom stereocenters. The van der Waals surface area contributed by atoms with Crippen LogP contribution >= 0.6 is 0 Å². The van der Waals surface area contributed by atoms with Crippen LogP contribution in [0.4, 0.5) is 0 Å². The number of ether oxygens (including phenoxy) is 2. The smallest absolute Gasteiger partial charge is 0.276 e. The maximum Gasteiger partial charge on any atom is 0.276 e. The first-order chi connectivity index (χ1) is 16.0. The summed E-state index contributed by atoms with van der Waals surface area (Å²) in [6, 6.07) is 5.87. The summed E-state index contributed by atoms with van der Waals surface area (Å²) in [7, 11) is 0. The maximum atomic E-state index is 13.7. The number of nitrogens with one attached hydrogen (secondary N) is 1. The van der Waals surface area contributed by atoms with E-state index < -0.39 is 0 Å². The highest BCUT2D eigenvalue weighted by Crippen LogP contribution is 2.52. The van der Waals surface area contributed by atoms with Gasteiger partial charge in [-0.05, 0) is 49.9 Å². The van der Waals surface area contributed by atoms with Crippen molar-refractivity contribution in [3.8, 4) is 11.5 Å². The number of hydrogen-bond acceptors (Lipinski definition) is 5. The van der Waals surface area contributed by atoms with Crippen LogP contribution in [0.25, 0.3) is 5.65 Å². The Bertz CT molecular complexity index is 1320. The van der Waals surface area contributed by atoms with E-state index in [1.54, 1.807) is 19.2 Å². The summed E-state index contributed by atoms with van der Waals surface area (Å²) in [5.41, 5.74) is 3.76. The summed E-state index contributed by atoms with van der Waals surface area (Å²) >= 11 is 0. The molecule has 0 radical (unpaired) electrons. The molecule has 1 aliphatic carbocycles. The van der Waals surface area contributed by atoms with Gasteiger partial charge in [0.15, 0.2) is 17.1 Å². The van der Waals surface area contributed by atoms with Crippen molar-refractivity contribution in [2.75, 3.05) is 19.8 Å². The SMILES string of the molecule is Cc1nc2cc[nH]n2c(=O)c1CC(=O)N1CC2(CCCC2)c2cc3c(cc2C1C)OCCO3. The number of fused-ring (bicyclic) bond motifs is 4. The molecule has 8 nitrogen and oxygen atoms in total. The van der Waals surface area contributed by atoms with Crippen LogP contribution in [0.15, 0.2) is 29.2 Å². The second-order valence-corrected chi connectivity index (χ2v) is 9.58. The number of hydrogen-bond donors (Lipinski definition) is 1. The van der Waals surface area contributed by atoms with Crippen molar-refractivity contribution in [2.45, 2.75) is 57.4 Å². The lowest BCUT2D eigenvalue weighted by Crippen LogP contribution is -2.49. The zero-order chi connectivity index (χ0) is 22.7. The van der Waals surface area contributed by atoms with Crippen molar-refractivity contribution >= 4 is 11.6 Å². The van der Waals surface area contributed by atoms with Gasteiger partial charge in [-0.25, -0.2) is 9.50 Å². The van der Waals surface area contributed by atoms with Crippen molar-refractivity contribution in [3.63, 3.8) is 0 Å². The minimum Gasteiger partial charge on any atom is -0.486 e. The van der Waals surface area contributed by atoms with E-state index in [0.29, 0.717) is 36.7 Å². The van der Waals surface area contributed by atoms with Gasteiger partial charge in [-0.3, -0.25) is 14.7 Å². The fraction of sp³-hybridized carbons (Fsp3) is 0.480. The Labute approximate surface area is 191 Å². The average Bonchev–Trinajstić information content (AvgIpc) is 3.48. The van der Waals surface area contributed by atoms with Crippen LogP contribution in [0.3, 0.4) is 0 Å². The predicted molar refractivity (Wildman–Crippen MR) is 122 cm³/mol. The first-order valence-corrected chi connectivity index (χ1v) is 11.8. The largest absolute Gasteiger partial charge is 0.486 e. The maximum absolute atomic E-state index is 13.7. The molecule has 1 saturated carbocycles. The Morgan fingerprint density at radius 3 is 2.70 bits per heavy atom. The number of aryl methyl sites for hydroxylation is 1. The molecule has 2 aliphatic heterocycles. The molecular formula is C25H28N4O4. The van der Waals surface area contributed by atoms with Gasteiger partial charge in [0.2, 0.25) is 5.91 Å². The number of H-pyrrole nitrogens is 1. The molecule has 3 aromatic rings. The van der Waals surface area contributed by atoms with Crippen molar-refractivity contribution in [2.24, 2.45) is 0 Å².